The normalized spacial score (nSPS) is 20.6. The number of likely N-dealkylation sites (tertiary alicyclic amines) is 1. The molecular weight excluding hydrogens is 216 g/mol. The molecule has 1 aliphatic heterocycles. The van der Waals surface area contributed by atoms with E-state index in [0.29, 0.717) is 19.1 Å². The van der Waals surface area contributed by atoms with Gasteiger partial charge < -0.3 is 15.3 Å². The zero-order valence-electron chi connectivity index (χ0n) is 10.4. The van der Waals surface area contributed by atoms with Crippen molar-refractivity contribution in [2.75, 3.05) is 26.7 Å². The summed E-state index contributed by atoms with van der Waals surface area (Å²) in [6.07, 6.45) is 5.58. The quantitative estimate of drug-likeness (QED) is 0.754. The molecule has 0 bridgehead atoms. The summed E-state index contributed by atoms with van der Waals surface area (Å²) in [5.41, 5.74) is 0. The largest absolute Gasteiger partial charge is 0.390 e. The molecule has 1 aromatic heterocycles. The fourth-order valence-corrected chi connectivity index (χ4v) is 2.20. The molecule has 0 saturated carbocycles. The van der Waals surface area contributed by atoms with Crippen molar-refractivity contribution in [1.82, 2.24) is 20.0 Å². The highest BCUT2D eigenvalue weighted by Crippen LogP contribution is 2.07. The van der Waals surface area contributed by atoms with Crippen molar-refractivity contribution in [3.8, 4) is 0 Å². The number of aliphatic hydroxyl groups excluding tert-OH is 1. The molecule has 1 aliphatic rings. The van der Waals surface area contributed by atoms with Crippen LogP contribution in [0.25, 0.3) is 0 Å². The second-order valence-electron chi connectivity index (χ2n) is 4.87. The highest BCUT2D eigenvalue weighted by molar-refractivity contribution is 4.80. The number of hydrogen-bond donors (Lipinski definition) is 2. The van der Waals surface area contributed by atoms with Crippen LogP contribution in [0.2, 0.25) is 0 Å². The van der Waals surface area contributed by atoms with Gasteiger partial charge in [0.2, 0.25) is 0 Å². The van der Waals surface area contributed by atoms with E-state index in [2.05, 4.69) is 22.4 Å². The van der Waals surface area contributed by atoms with E-state index in [-0.39, 0.29) is 6.10 Å². The second-order valence-corrected chi connectivity index (χ2v) is 4.87. The molecule has 2 N–H and O–H groups in total. The lowest BCUT2D eigenvalue weighted by atomic mass is 10.1. The molecule has 2 rings (SSSR count). The van der Waals surface area contributed by atoms with Crippen LogP contribution in [0.5, 0.6) is 0 Å². The van der Waals surface area contributed by atoms with Crippen LogP contribution in [0.1, 0.15) is 12.8 Å². The Labute approximate surface area is 102 Å². The number of aromatic nitrogens is 2. The smallest absolute Gasteiger partial charge is 0.0860 e. The van der Waals surface area contributed by atoms with E-state index in [1.807, 2.05) is 12.3 Å². The standard InChI is InChI=1S/C12H22N4O/c1-15-7-3-11(4-8-15)13-9-12(17)10-16-6-2-5-14-16/h2,5-6,11-13,17H,3-4,7-10H2,1H3. The highest BCUT2D eigenvalue weighted by Gasteiger charge is 2.17. The molecule has 17 heavy (non-hydrogen) atoms. The molecule has 96 valence electrons. The predicted octanol–water partition coefficient (Wildman–Crippen LogP) is -0.0722. The van der Waals surface area contributed by atoms with Crippen LogP contribution >= 0.6 is 0 Å². The van der Waals surface area contributed by atoms with Crippen molar-refractivity contribution in [3.05, 3.63) is 18.5 Å². The summed E-state index contributed by atoms with van der Waals surface area (Å²) in [6, 6.07) is 2.43. The Morgan fingerprint density at radius 3 is 2.88 bits per heavy atom. The van der Waals surface area contributed by atoms with Gasteiger partial charge in [-0.25, -0.2) is 0 Å². The third kappa shape index (κ3) is 4.11. The maximum absolute atomic E-state index is 9.87. The Bertz CT molecular complexity index is 306. The summed E-state index contributed by atoms with van der Waals surface area (Å²) in [6.45, 7) is 3.50. The maximum Gasteiger partial charge on any atom is 0.0860 e. The second kappa shape index (κ2) is 6.14. The van der Waals surface area contributed by atoms with Gasteiger partial charge in [0, 0.05) is 25.0 Å². The van der Waals surface area contributed by atoms with Crippen LogP contribution in [-0.2, 0) is 6.54 Å². The van der Waals surface area contributed by atoms with Gasteiger partial charge in [-0.3, -0.25) is 4.68 Å². The molecule has 1 atom stereocenters. The number of rotatable bonds is 5. The van der Waals surface area contributed by atoms with Gasteiger partial charge in [-0.2, -0.15) is 5.10 Å². The molecule has 0 spiro atoms. The van der Waals surface area contributed by atoms with Gasteiger partial charge >= 0.3 is 0 Å². The van der Waals surface area contributed by atoms with E-state index in [9.17, 15) is 5.11 Å². The molecule has 1 unspecified atom stereocenters. The Morgan fingerprint density at radius 1 is 1.47 bits per heavy atom. The molecule has 0 aromatic carbocycles. The van der Waals surface area contributed by atoms with Crippen LogP contribution < -0.4 is 5.32 Å². The zero-order valence-corrected chi connectivity index (χ0v) is 10.4. The summed E-state index contributed by atoms with van der Waals surface area (Å²) in [5.74, 6) is 0. The van der Waals surface area contributed by atoms with E-state index >= 15 is 0 Å². The van der Waals surface area contributed by atoms with Crippen molar-refractivity contribution < 1.29 is 5.11 Å². The molecule has 1 saturated heterocycles. The first-order chi connectivity index (χ1) is 8.24. The Hall–Kier alpha value is -0.910. The van der Waals surface area contributed by atoms with Gasteiger partial charge in [-0.1, -0.05) is 0 Å². The average molecular weight is 238 g/mol. The summed E-state index contributed by atoms with van der Waals surface area (Å²) < 4.78 is 1.76. The highest BCUT2D eigenvalue weighted by atomic mass is 16.3. The first-order valence-corrected chi connectivity index (χ1v) is 6.31. The van der Waals surface area contributed by atoms with Gasteiger partial charge in [0.05, 0.1) is 12.6 Å². The lowest BCUT2D eigenvalue weighted by molar-refractivity contribution is 0.135. The summed E-state index contributed by atoms with van der Waals surface area (Å²) in [7, 11) is 2.16. The number of nitrogens with one attached hydrogen (secondary N) is 1. The van der Waals surface area contributed by atoms with E-state index in [1.165, 1.54) is 12.8 Å². The summed E-state index contributed by atoms with van der Waals surface area (Å²) in [5, 5.41) is 17.4. The molecule has 0 radical (unpaired) electrons. The molecule has 5 heteroatoms. The minimum atomic E-state index is -0.366. The Kier molecular flexibility index (Phi) is 4.53. The Morgan fingerprint density at radius 2 is 2.24 bits per heavy atom. The molecule has 0 aliphatic carbocycles. The van der Waals surface area contributed by atoms with E-state index in [4.69, 9.17) is 0 Å². The minimum Gasteiger partial charge on any atom is -0.390 e. The number of piperidine rings is 1. The maximum atomic E-state index is 9.87. The van der Waals surface area contributed by atoms with E-state index in [0.717, 1.165) is 13.1 Å². The first-order valence-electron chi connectivity index (χ1n) is 6.31. The monoisotopic (exact) mass is 238 g/mol. The lowest BCUT2D eigenvalue weighted by Gasteiger charge is -2.30. The predicted molar refractivity (Wildman–Crippen MR) is 66.8 cm³/mol. The first kappa shape index (κ1) is 12.5. The van der Waals surface area contributed by atoms with Crippen molar-refractivity contribution in [2.24, 2.45) is 0 Å². The van der Waals surface area contributed by atoms with Crippen molar-refractivity contribution in [2.45, 2.75) is 31.5 Å². The molecule has 2 heterocycles. The molecular formula is C12H22N4O. The van der Waals surface area contributed by atoms with Crippen LogP contribution in [-0.4, -0.2) is 58.6 Å². The molecule has 0 amide bonds. The third-order valence-electron chi connectivity index (χ3n) is 3.32. The van der Waals surface area contributed by atoms with Crippen LogP contribution in [0.3, 0.4) is 0 Å². The zero-order chi connectivity index (χ0) is 12.1. The van der Waals surface area contributed by atoms with Crippen LogP contribution in [0, 0.1) is 0 Å². The number of aliphatic hydroxyl groups is 1. The number of hydrogen-bond acceptors (Lipinski definition) is 4. The SMILES string of the molecule is CN1CCC(NCC(O)Cn2cccn2)CC1. The van der Waals surface area contributed by atoms with Gasteiger partial charge in [-0.05, 0) is 39.0 Å². The molecule has 1 fully saturated rings. The number of nitrogens with zero attached hydrogens (tertiary/aromatic N) is 3. The Balaban J connectivity index is 1.64. The van der Waals surface area contributed by atoms with Crippen molar-refractivity contribution in [3.63, 3.8) is 0 Å². The van der Waals surface area contributed by atoms with Crippen LogP contribution in [0.15, 0.2) is 18.5 Å². The minimum absolute atomic E-state index is 0.366. The topological polar surface area (TPSA) is 53.3 Å². The van der Waals surface area contributed by atoms with Gasteiger partial charge in [0.1, 0.15) is 0 Å². The van der Waals surface area contributed by atoms with Gasteiger partial charge in [0.25, 0.3) is 0 Å². The van der Waals surface area contributed by atoms with E-state index < -0.39 is 0 Å². The van der Waals surface area contributed by atoms with Gasteiger partial charge in [-0.15, -0.1) is 0 Å². The van der Waals surface area contributed by atoms with E-state index in [1.54, 1.807) is 10.9 Å². The molecule has 5 nitrogen and oxygen atoms in total. The summed E-state index contributed by atoms with van der Waals surface area (Å²) >= 11 is 0. The third-order valence-corrected chi connectivity index (χ3v) is 3.32. The fourth-order valence-electron chi connectivity index (χ4n) is 2.20. The summed E-state index contributed by atoms with van der Waals surface area (Å²) in [4.78, 5) is 2.35. The average Bonchev–Trinajstić information content (AvgIpc) is 2.81. The van der Waals surface area contributed by atoms with Crippen LogP contribution in [0.4, 0.5) is 0 Å². The van der Waals surface area contributed by atoms with Gasteiger partial charge in [0.15, 0.2) is 0 Å². The molecule has 1 aromatic rings. The van der Waals surface area contributed by atoms with Crippen molar-refractivity contribution >= 4 is 0 Å². The fraction of sp³-hybridized carbons (Fsp3) is 0.750. The van der Waals surface area contributed by atoms with Crippen molar-refractivity contribution in [1.29, 1.82) is 0 Å². The lowest BCUT2D eigenvalue weighted by Crippen LogP contribution is -2.44.